The van der Waals surface area contributed by atoms with Gasteiger partial charge >= 0.3 is 0 Å². The lowest BCUT2D eigenvalue weighted by molar-refractivity contribution is 0.223. The molecule has 1 fully saturated rings. The van der Waals surface area contributed by atoms with Crippen LogP contribution < -0.4 is 0 Å². The van der Waals surface area contributed by atoms with Gasteiger partial charge in [0.2, 0.25) is 0 Å². The highest BCUT2D eigenvalue weighted by Crippen LogP contribution is 2.40. The van der Waals surface area contributed by atoms with Crippen LogP contribution in [0.3, 0.4) is 0 Å². The van der Waals surface area contributed by atoms with Crippen molar-refractivity contribution in [3.63, 3.8) is 0 Å². The summed E-state index contributed by atoms with van der Waals surface area (Å²) in [6.45, 7) is 12.3. The van der Waals surface area contributed by atoms with Gasteiger partial charge in [0.1, 0.15) is 17.0 Å². The molecule has 31 heavy (non-hydrogen) atoms. The Morgan fingerprint density at radius 3 is 2.77 bits per heavy atom. The molecule has 0 aromatic carbocycles. The zero-order chi connectivity index (χ0) is 21.5. The van der Waals surface area contributed by atoms with Crippen molar-refractivity contribution in [1.29, 1.82) is 0 Å². The van der Waals surface area contributed by atoms with Gasteiger partial charge in [-0.1, -0.05) is 20.8 Å². The van der Waals surface area contributed by atoms with E-state index in [0.717, 1.165) is 39.7 Å². The molecule has 1 aliphatic rings. The molecule has 4 aromatic heterocycles. The topological polar surface area (TPSA) is 75.0 Å². The highest BCUT2D eigenvalue weighted by atomic mass is 32.1. The largest absolute Gasteiger partial charge is 0.304 e. The number of H-pyrrole nitrogens is 1. The van der Waals surface area contributed by atoms with Gasteiger partial charge in [-0.05, 0) is 62.9 Å². The zero-order valence-corrected chi connectivity index (χ0v) is 19.4. The number of hydrogen-bond acceptors (Lipinski definition) is 6. The predicted molar refractivity (Wildman–Crippen MR) is 125 cm³/mol. The Morgan fingerprint density at radius 1 is 1.23 bits per heavy atom. The second-order valence-electron chi connectivity index (χ2n) is 8.73. The second kappa shape index (κ2) is 8.16. The van der Waals surface area contributed by atoms with E-state index in [1.165, 1.54) is 36.4 Å². The Labute approximate surface area is 186 Å². The Morgan fingerprint density at radius 2 is 2.03 bits per heavy atom. The monoisotopic (exact) mass is 435 g/mol. The molecule has 162 valence electrons. The van der Waals surface area contributed by atoms with Gasteiger partial charge in [-0.25, -0.2) is 14.5 Å². The predicted octanol–water partition coefficient (Wildman–Crippen LogP) is 4.87. The maximum Gasteiger partial charge on any atom is 0.158 e. The number of piperidine rings is 1. The quantitative estimate of drug-likeness (QED) is 0.484. The fourth-order valence-electron chi connectivity index (χ4n) is 4.64. The molecule has 0 spiro atoms. The number of pyridine rings is 1. The van der Waals surface area contributed by atoms with Crippen molar-refractivity contribution in [2.75, 3.05) is 19.6 Å². The van der Waals surface area contributed by atoms with Crippen LogP contribution in [0.25, 0.3) is 27.6 Å². The first-order valence-electron chi connectivity index (χ1n) is 11.1. The van der Waals surface area contributed by atoms with Gasteiger partial charge in [0, 0.05) is 28.4 Å². The van der Waals surface area contributed by atoms with Gasteiger partial charge in [0.15, 0.2) is 5.65 Å². The smallest absolute Gasteiger partial charge is 0.158 e. The number of nitrogens with one attached hydrogen (secondary N) is 1. The van der Waals surface area contributed by atoms with Crippen LogP contribution in [-0.4, -0.2) is 54.3 Å². The van der Waals surface area contributed by atoms with Crippen molar-refractivity contribution in [3.8, 4) is 22.0 Å². The van der Waals surface area contributed by atoms with Crippen LogP contribution in [0.2, 0.25) is 0 Å². The van der Waals surface area contributed by atoms with E-state index >= 15 is 0 Å². The molecule has 0 atom stereocenters. The van der Waals surface area contributed by atoms with E-state index in [-0.39, 0.29) is 0 Å². The third-order valence-electron chi connectivity index (χ3n) is 6.39. The van der Waals surface area contributed by atoms with Crippen LogP contribution in [0, 0.1) is 6.92 Å². The average molecular weight is 436 g/mol. The summed E-state index contributed by atoms with van der Waals surface area (Å²) in [6, 6.07) is 2.15. The maximum atomic E-state index is 4.80. The zero-order valence-electron chi connectivity index (χ0n) is 18.6. The van der Waals surface area contributed by atoms with Crippen molar-refractivity contribution in [1.82, 2.24) is 34.7 Å². The van der Waals surface area contributed by atoms with Crippen molar-refractivity contribution < 1.29 is 0 Å². The Balaban J connectivity index is 1.50. The number of likely N-dealkylation sites (tertiary alicyclic amines) is 1. The highest BCUT2D eigenvalue weighted by molar-refractivity contribution is 7.15. The normalized spacial score (nSPS) is 16.0. The molecule has 5 rings (SSSR count). The second-order valence-corrected chi connectivity index (χ2v) is 9.79. The van der Waals surface area contributed by atoms with Crippen molar-refractivity contribution in [2.45, 2.75) is 52.4 Å². The van der Waals surface area contributed by atoms with Crippen molar-refractivity contribution >= 4 is 17.0 Å². The summed E-state index contributed by atoms with van der Waals surface area (Å²) in [7, 11) is 0. The molecule has 0 radical (unpaired) electrons. The van der Waals surface area contributed by atoms with Gasteiger partial charge in [-0.3, -0.25) is 5.10 Å². The van der Waals surface area contributed by atoms with Crippen LogP contribution in [0.15, 0.2) is 24.8 Å². The van der Waals surface area contributed by atoms with Gasteiger partial charge in [0.05, 0.1) is 5.69 Å². The average Bonchev–Trinajstić information content (AvgIpc) is 3.51. The Kier molecular flexibility index (Phi) is 5.35. The summed E-state index contributed by atoms with van der Waals surface area (Å²) in [5.74, 6) is 0.933. The van der Waals surface area contributed by atoms with E-state index < -0.39 is 0 Å². The molecule has 8 heteroatoms. The Bertz CT molecular complexity index is 1190. The van der Waals surface area contributed by atoms with Crippen molar-refractivity contribution in [2.24, 2.45) is 0 Å². The summed E-state index contributed by atoms with van der Waals surface area (Å²) < 4.78 is 1.83. The lowest BCUT2D eigenvalue weighted by atomic mass is 9.96. The van der Waals surface area contributed by atoms with E-state index in [1.54, 1.807) is 6.33 Å². The summed E-state index contributed by atoms with van der Waals surface area (Å²) in [6.07, 6.45) is 8.13. The van der Waals surface area contributed by atoms with Gasteiger partial charge in [-0.15, -0.1) is 11.3 Å². The lowest BCUT2D eigenvalue weighted by Crippen LogP contribution is -2.32. The van der Waals surface area contributed by atoms with Crippen LogP contribution >= 0.6 is 11.3 Å². The van der Waals surface area contributed by atoms with Crippen LogP contribution in [0.4, 0.5) is 0 Å². The summed E-state index contributed by atoms with van der Waals surface area (Å²) >= 11 is 1.81. The van der Waals surface area contributed by atoms with E-state index in [9.17, 15) is 0 Å². The van der Waals surface area contributed by atoms with Crippen LogP contribution in [0.1, 0.15) is 61.5 Å². The minimum absolute atomic E-state index is 0.315. The molecule has 1 saturated heterocycles. The first-order valence-corrected chi connectivity index (χ1v) is 11.9. The van der Waals surface area contributed by atoms with Gasteiger partial charge in [0.25, 0.3) is 0 Å². The molecule has 0 saturated carbocycles. The maximum absolute atomic E-state index is 4.80. The third-order valence-corrected chi connectivity index (χ3v) is 7.56. The molecule has 7 nitrogen and oxygen atoms in total. The first kappa shape index (κ1) is 20.3. The van der Waals surface area contributed by atoms with Gasteiger partial charge < -0.3 is 4.90 Å². The molecule has 0 aliphatic carbocycles. The number of aromatic nitrogens is 6. The van der Waals surface area contributed by atoms with E-state index in [1.807, 2.05) is 22.0 Å². The molecule has 0 bridgehead atoms. The van der Waals surface area contributed by atoms with E-state index in [4.69, 9.17) is 10.1 Å². The highest BCUT2D eigenvalue weighted by Gasteiger charge is 2.25. The number of rotatable bonds is 5. The molecule has 1 N–H and O–H groups in total. The SMILES string of the molecule is CCN1CCC(c2cnc(-c3n[nH]c(-c4cc(C)c5ncnn5c4)c3C(C)C)s2)CC1. The molecule has 0 amide bonds. The number of fused-ring (bicyclic) bond motifs is 1. The number of aromatic amines is 1. The third kappa shape index (κ3) is 3.68. The van der Waals surface area contributed by atoms with Crippen molar-refractivity contribution in [3.05, 3.63) is 40.8 Å². The molecular weight excluding hydrogens is 406 g/mol. The summed E-state index contributed by atoms with van der Waals surface area (Å²) in [5.41, 5.74) is 6.27. The summed E-state index contributed by atoms with van der Waals surface area (Å²) in [5, 5.41) is 13.4. The van der Waals surface area contributed by atoms with Crippen LogP contribution in [-0.2, 0) is 0 Å². The fraction of sp³-hybridized carbons (Fsp3) is 0.478. The van der Waals surface area contributed by atoms with E-state index in [0.29, 0.717) is 11.8 Å². The lowest BCUT2D eigenvalue weighted by Gasteiger charge is -2.30. The first-order chi connectivity index (χ1) is 15.0. The number of hydrogen-bond donors (Lipinski definition) is 1. The van der Waals surface area contributed by atoms with Crippen LogP contribution in [0.5, 0.6) is 0 Å². The summed E-state index contributed by atoms with van der Waals surface area (Å²) in [4.78, 5) is 13.1. The van der Waals surface area contributed by atoms with E-state index in [2.05, 4.69) is 60.0 Å². The minimum atomic E-state index is 0.315. The molecule has 0 unspecified atom stereocenters. The van der Waals surface area contributed by atoms with Gasteiger partial charge in [-0.2, -0.15) is 10.2 Å². The molecule has 1 aliphatic heterocycles. The molecule has 4 aromatic rings. The minimum Gasteiger partial charge on any atom is -0.304 e. The number of nitrogens with zero attached hydrogens (tertiary/aromatic N) is 6. The Hall–Kier alpha value is -2.58. The molecular formula is C23H29N7S. The number of aryl methyl sites for hydroxylation is 1. The fourth-order valence-corrected chi connectivity index (χ4v) is 5.73. The molecule has 5 heterocycles. The number of thiazole rings is 1. The standard InChI is InChI=1S/C23H29N7S/c1-5-29-8-6-16(7-9-29)18-11-24-23(31-18)21-19(14(2)3)20(27-28-21)17-10-15(4)22-25-13-26-30(22)12-17/h10-14,16H,5-9H2,1-4H3,(H,27,28).